The maximum atomic E-state index is 13.6. The zero-order chi connectivity index (χ0) is 26.6. The summed E-state index contributed by atoms with van der Waals surface area (Å²) in [5.74, 6) is -1.30. The van der Waals surface area contributed by atoms with Gasteiger partial charge < -0.3 is 20.3 Å². The van der Waals surface area contributed by atoms with Crippen molar-refractivity contribution in [3.05, 3.63) is 58.6 Å². The number of benzene rings is 2. The van der Waals surface area contributed by atoms with Crippen LogP contribution in [-0.2, 0) is 14.3 Å². The highest BCUT2D eigenvalue weighted by molar-refractivity contribution is 6.31. The number of carbonyl (C=O) groups is 4. The minimum atomic E-state index is -1.29. The molecule has 1 aliphatic heterocycles. The summed E-state index contributed by atoms with van der Waals surface area (Å²) in [5, 5.41) is 17.0. The number of rotatable bonds is 7. The van der Waals surface area contributed by atoms with Crippen LogP contribution in [0.1, 0.15) is 13.8 Å². The van der Waals surface area contributed by atoms with Gasteiger partial charge in [0.25, 0.3) is 0 Å². The van der Waals surface area contributed by atoms with Crippen LogP contribution < -0.4 is 15.5 Å². The molecule has 36 heavy (non-hydrogen) atoms. The predicted molar refractivity (Wildman–Crippen MR) is 133 cm³/mol. The van der Waals surface area contributed by atoms with Crippen LogP contribution in [0, 0.1) is 0 Å². The van der Waals surface area contributed by atoms with E-state index in [1.54, 1.807) is 50.2 Å². The first-order valence-corrected chi connectivity index (χ1v) is 11.5. The second kappa shape index (κ2) is 11.0. The number of hydroxylamine groups is 2. The van der Waals surface area contributed by atoms with Crippen molar-refractivity contribution in [2.75, 3.05) is 30.4 Å². The average Bonchev–Trinajstić information content (AvgIpc) is 3.02. The summed E-state index contributed by atoms with van der Waals surface area (Å²) >= 11 is 12.1. The molecule has 0 aromatic heterocycles. The molecule has 1 fully saturated rings. The molecule has 1 unspecified atom stereocenters. The smallest absolute Gasteiger partial charge is 0.347 e. The quantitative estimate of drug-likeness (QED) is 0.281. The lowest BCUT2D eigenvalue weighted by atomic mass is 9.99. The number of hydrogen-bond acceptors (Lipinski definition) is 6. The predicted octanol–water partition coefficient (Wildman–Crippen LogP) is 3.55. The van der Waals surface area contributed by atoms with Gasteiger partial charge in [-0.25, -0.2) is 9.59 Å². The number of nitrogens with one attached hydrogen (secondary N) is 2. The maximum absolute atomic E-state index is 13.6. The fourth-order valence-electron chi connectivity index (χ4n) is 3.79. The summed E-state index contributed by atoms with van der Waals surface area (Å²) in [6.45, 7) is 2.33. The molecule has 0 bridgehead atoms. The van der Waals surface area contributed by atoms with Gasteiger partial charge in [-0.15, -0.1) is 0 Å². The first-order chi connectivity index (χ1) is 16.9. The zero-order valence-corrected chi connectivity index (χ0v) is 21.2. The summed E-state index contributed by atoms with van der Waals surface area (Å²) in [7, 11) is 1.18. The molecule has 2 aromatic rings. The van der Waals surface area contributed by atoms with Crippen molar-refractivity contribution >= 4 is 58.5 Å². The molecule has 0 radical (unpaired) electrons. The van der Waals surface area contributed by atoms with Crippen LogP contribution in [0.4, 0.5) is 21.0 Å². The van der Waals surface area contributed by atoms with Crippen molar-refractivity contribution in [1.29, 1.82) is 0 Å². The summed E-state index contributed by atoms with van der Waals surface area (Å²) in [6, 6.07) is 11.0. The number of methoxy groups -OCH3 is 1. The number of amides is 5. The van der Waals surface area contributed by atoms with Gasteiger partial charge in [-0.1, -0.05) is 35.3 Å². The first kappa shape index (κ1) is 27.1. The van der Waals surface area contributed by atoms with E-state index in [0.717, 1.165) is 4.90 Å². The van der Waals surface area contributed by atoms with E-state index >= 15 is 0 Å². The molecule has 1 heterocycles. The maximum Gasteiger partial charge on any atom is 0.347 e. The van der Waals surface area contributed by atoms with Crippen LogP contribution in [0.25, 0.3) is 0 Å². The third-order valence-corrected chi connectivity index (χ3v) is 6.04. The van der Waals surface area contributed by atoms with E-state index in [1.807, 2.05) is 0 Å². The monoisotopic (exact) mass is 537 g/mol. The normalized spacial score (nSPS) is 16.5. The number of ether oxygens (including phenoxy) is 1. The number of halogens is 2. The highest BCUT2D eigenvalue weighted by Gasteiger charge is 2.56. The Balaban J connectivity index is 1.93. The Morgan fingerprint density at radius 3 is 2.36 bits per heavy atom. The molecular formula is C23H25Cl2N5O6. The van der Waals surface area contributed by atoms with E-state index in [4.69, 9.17) is 23.2 Å². The zero-order valence-electron chi connectivity index (χ0n) is 19.7. The minimum absolute atomic E-state index is 0.289. The van der Waals surface area contributed by atoms with Crippen molar-refractivity contribution in [3.63, 3.8) is 0 Å². The molecule has 3 rings (SSSR count). The highest BCUT2D eigenvalue weighted by Crippen LogP contribution is 2.38. The van der Waals surface area contributed by atoms with Crippen LogP contribution in [-0.4, -0.2) is 71.0 Å². The lowest BCUT2D eigenvalue weighted by molar-refractivity contribution is -0.141. The molecule has 192 valence electrons. The molecule has 0 spiro atoms. The fraction of sp³-hybridized carbons (Fsp3) is 0.304. The van der Waals surface area contributed by atoms with E-state index < -0.39 is 42.2 Å². The average molecular weight is 538 g/mol. The first-order valence-electron chi connectivity index (χ1n) is 10.7. The van der Waals surface area contributed by atoms with Gasteiger partial charge in [0.2, 0.25) is 5.91 Å². The van der Waals surface area contributed by atoms with Gasteiger partial charge in [0, 0.05) is 21.4 Å². The number of esters is 1. The number of hydrogen-bond donors (Lipinski definition) is 3. The van der Waals surface area contributed by atoms with Gasteiger partial charge in [0.05, 0.1) is 12.6 Å². The molecule has 11 nitrogen and oxygen atoms in total. The van der Waals surface area contributed by atoms with E-state index in [-0.39, 0.29) is 12.2 Å². The van der Waals surface area contributed by atoms with Gasteiger partial charge >= 0.3 is 18.0 Å². The van der Waals surface area contributed by atoms with E-state index in [1.165, 1.54) is 24.1 Å². The van der Waals surface area contributed by atoms with Crippen LogP contribution in [0.5, 0.6) is 0 Å². The Morgan fingerprint density at radius 2 is 1.75 bits per heavy atom. The summed E-state index contributed by atoms with van der Waals surface area (Å²) in [4.78, 5) is 52.8. The second-order valence-corrected chi connectivity index (χ2v) is 9.26. The molecular weight excluding hydrogens is 513 g/mol. The standard InChI is InChI=1S/C23H25Cl2N5O6/c1-23(2)20(30(35)21(33)27-16-8-4-6-14(24)10-16)29(17-9-5-7-15(25)11-17)22(34)28(23)13-18(31)26-12-19(32)36-3/h4-11,20,35H,12-13H2,1-3H3,(H,26,31)(H,27,33). The Labute approximate surface area is 217 Å². The van der Waals surface area contributed by atoms with Crippen molar-refractivity contribution in [3.8, 4) is 0 Å². The molecule has 13 heteroatoms. The van der Waals surface area contributed by atoms with Crippen LogP contribution in [0.15, 0.2) is 48.5 Å². The van der Waals surface area contributed by atoms with Crippen molar-refractivity contribution in [2.45, 2.75) is 25.6 Å². The highest BCUT2D eigenvalue weighted by atomic mass is 35.5. The molecule has 2 aromatic carbocycles. The Bertz CT molecular complexity index is 1180. The summed E-state index contributed by atoms with van der Waals surface area (Å²) < 4.78 is 4.50. The fourth-order valence-corrected chi connectivity index (χ4v) is 4.17. The third-order valence-electron chi connectivity index (χ3n) is 5.57. The third kappa shape index (κ3) is 5.81. The SMILES string of the molecule is COC(=O)CNC(=O)CN1C(=O)N(c2cccc(Cl)c2)C(N(O)C(=O)Nc2cccc(Cl)c2)C1(C)C. The molecule has 0 saturated carbocycles. The topological polar surface area (TPSA) is 132 Å². The van der Waals surface area contributed by atoms with Crippen LogP contribution in [0.2, 0.25) is 10.0 Å². The summed E-state index contributed by atoms with van der Waals surface area (Å²) in [5.41, 5.74) is -0.678. The van der Waals surface area contributed by atoms with Gasteiger partial charge in [0.15, 0.2) is 6.17 Å². The largest absolute Gasteiger partial charge is 0.468 e. The van der Waals surface area contributed by atoms with E-state index in [0.29, 0.717) is 20.8 Å². The number of carbonyl (C=O) groups excluding carboxylic acids is 4. The van der Waals surface area contributed by atoms with Gasteiger partial charge in [-0.3, -0.25) is 19.7 Å². The number of anilines is 2. The van der Waals surface area contributed by atoms with Crippen LogP contribution in [0.3, 0.4) is 0 Å². The molecule has 3 N–H and O–H groups in total. The van der Waals surface area contributed by atoms with Gasteiger partial charge in [-0.2, -0.15) is 5.06 Å². The molecule has 5 amide bonds. The molecule has 1 atom stereocenters. The minimum Gasteiger partial charge on any atom is -0.468 e. The van der Waals surface area contributed by atoms with Gasteiger partial charge in [-0.05, 0) is 50.2 Å². The number of nitrogens with zero attached hydrogens (tertiary/aromatic N) is 3. The van der Waals surface area contributed by atoms with Crippen molar-refractivity contribution in [1.82, 2.24) is 15.3 Å². The Hall–Kier alpha value is -3.54. The lowest BCUT2D eigenvalue weighted by Gasteiger charge is -2.38. The van der Waals surface area contributed by atoms with Gasteiger partial charge in [0.1, 0.15) is 13.1 Å². The molecule has 1 saturated heterocycles. The molecule has 0 aliphatic carbocycles. The Kier molecular flexibility index (Phi) is 8.28. The molecule has 1 aliphatic rings. The Morgan fingerprint density at radius 1 is 1.11 bits per heavy atom. The van der Waals surface area contributed by atoms with Crippen molar-refractivity contribution < 1.29 is 29.1 Å². The van der Waals surface area contributed by atoms with E-state index in [2.05, 4.69) is 15.4 Å². The van der Waals surface area contributed by atoms with Crippen LogP contribution >= 0.6 is 23.2 Å². The van der Waals surface area contributed by atoms with E-state index in [9.17, 15) is 24.4 Å². The summed E-state index contributed by atoms with van der Waals surface area (Å²) in [6.07, 6.45) is -1.28. The second-order valence-electron chi connectivity index (χ2n) is 8.38. The van der Waals surface area contributed by atoms with Crippen molar-refractivity contribution in [2.24, 2.45) is 0 Å². The lowest BCUT2D eigenvalue weighted by Crippen LogP contribution is -2.58. The number of urea groups is 2.